The molecule has 40 heavy (non-hydrogen) atoms. The molecule has 0 aromatic heterocycles. The molecule has 0 amide bonds. The Balaban J connectivity index is 1.83. The van der Waals surface area contributed by atoms with Crippen LogP contribution in [-0.2, 0) is 19.7 Å². The van der Waals surface area contributed by atoms with Crippen LogP contribution in [0.1, 0.15) is 81.4 Å². The second-order valence-corrected chi connectivity index (χ2v) is 11.3. The minimum atomic E-state index is -0.432. The molecule has 0 atom stereocenters. The molecule has 0 radical (unpaired) electrons. The first-order valence-corrected chi connectivity index (χ1v) is 14.2. The molecule has 0 aliphatic carbocycles. The van der Waals surface area contributed by atoms with Gasteiger partial charge in [-0.2, -0.15) is 0 Å². The topological polar surface area (TPSA) is 81.7 Å². The lowest BCUT2D eigenvalue weighted by Gasteiger charge is -2.34. The quantitative estimate of drug-likeness (QED) is 0.193. The number of hydrogen-bond donors (Lipinski definition) is 1. The number of ether oxygens (including phenoxy) is 2. The molecule has 0 unspecified atom stereocenters. The SMILES string of the molecule is CCOC(=O)CNCC(=O)c1ccc2cc(C(CC)(CC)c3ccc(OCC(=O)C(C)(C)C)c(C)c3)ccc2c1. The summed E-state index contributed by atoms with van der Waals surface area (Å²) in [6.07, 6.45) is 1.83. The van der Waals surface area contributed by atoms with Crippen LogP contribution in [-0.4, -0.2) is 43.8 Å². The van der Waals surface area contributed by atoms with Crippen LogP contribution in [0.25, 0.3) is 10.8 Å². The van der Waals surface area contributed by atoms with E-state index in [4.69, 9.17) is 9.47 Å². The minimum absolute atomic E-state index is 0.00819. The molecule has 0 aliphatic rings. The van der Waals surface area contributed by atoms with Crippen LogP contribution in [0.2, 0.25) is 0 Å². The van der Waals surface area contributed by atoms with Gasteiger partial charge in [0.25, 0.3) is 0 Å². The summed E-state index contributed by atoms with van der Waals surface area (Å²) >= 11 is 0. The molecule has 3 aromatic rings. The van der Waals surface area contributed by atoms with Gasteiger partial charge >= 0.3 is 5.97 Å². The maximum Gasteiger partial charge on any atom is 0.319 e. The third-order valence-corrected chi connectivity index (χ3v) is 7.70. The Morgan fingerprint density at radius 2 is 1.43 bits per heavy atom. The van der Waals surface area contributed by atoms with Gasteiger partial charge in [-0.15, -0.1) is 0 Å². The number of aryl methyl sites for hydroxylation is 1. The van der Waals surface area contributed by atoms with Crippen molar-refractivity contribution in [2.45, 2.75) is 66.7 Å². The fraction of sp³-hybridized carbons (Fsp3) is 0.441. The van der Waals surface area contributed by atoms with Gasteiger partial charge in [-0.1, -0.05) is 77.1 Å². The Morgan fingerprint density at radius 3 is 2.05 bits per heavy atom. The normalized spacial score (nSPS) is 11.9. The van der Waals surface area contributed by atoms with Crippen molar-refractivity contribution in [3.63, 3.8) is 0 Å². The number of benzene rings is 3. The number of esters is 1. The van der Waals surface area contributed by atoms with Gasteiger partial charge in [0, 0.05) is 16.4 Å². The maximum absolute atomic E-state index is 12.7. The van der Waals surface area contributed by atoms with Crippen LogP contribution < -0.4 is 10.1 Å². The van der Waals surface area contributed by atoms with E-state index in [0.29, 0.717) is 12.2 Å². The first-order chi connectivity index (χ1) is 18.9. The molecule has 0 aliphatic heterocycles. The summed E-state index contributed by atoms with van der Waals surface area (Å²) in [5, 5.41) is 4.91. The molecule has 0 saturated heterocycles. The standard InChI is InChI=1S/C34H43NO5/c1-8-34(9-2,27-15-16-30(23(4)17-27)40-22-31(37)33(5,6)7)28-14-13-24-18-26(12-11-25(24)19-28)29(36)20-35-21-32(38)39-10-3/h11-19,35H,8-10,20-22H2,1-7H3. The van der Waals surface area contributed by atoms with Gasteiger partial charge < -0.3 is 9.47 Å². The summed E-state index contributed by atoms with van der Waals surface area (Å²) in [4.78, 5) is 36.5. The summed E-state index contributed by atoms with van der Waals surface area (Å²) in [5.74, 6) is 0.356. The summed E-state index contributed by atoms with van der Waals surface area (Å²) < 4.78 is 10.8. The highest BCUT2D eigenvalue weighted by Gasteiger charge is 2.31. The predicted molar refractivity (Wildman–Crippen MR) is 160 cm³/mol. The van der Waals surface area contributed by atoms with Crippen LogP contribution in [0.5, 0.6) is 5.75 Å². The van der Waals surface area contributed by atoms with Crippen molar-refractivity contribution in [3.05, 3.63) is 76.9 Å². The fourth-order valence-corrected chi connectivity index (χ4v) is 5.01. The van der Waals surface area contributed by atoms with Gasteiger partial charge in [-0.05, 0) is 66.3 Å². The van der Waals surface area contributed by atoms with Gasteiger partial charge in [0.2, 0.25) is 0 Å². The zero-order valence-electron chi connectivity index (χ0n) is 25.0. The fourth-order valence-electron chi connectivity index (χ4n) is 5.01. The van der Waals surface area contributed by atoms with Gasteiger partial charge in [-0.25, -0.2) is 0 Å². The van der Waals surface area contributed by atoms with Crippen LogP contribution in [0.4, 0.5) is 0 Å². The van der Waals surface area contributed by atoms with E-state index in [1.54, 1.807) is 6.92 Å². The average Bonchev–Trinajstić information content (AvgIpc) is 2.92. The van der Waals surface area contributed by atoms with E-state index in [-0.39, 0.29) is 42.6 Å². The molecule has 0 spiro atoms. The van der Waals surface area contributed by atoms with E-state index >= 15 is 0 Å². The maximum atomic E-state index is 12.7. The van der Waals surface area contributed by atoms with Gasteiger partial charge in [-0.3, -0.25) is 19.7 Å². The summed E-state index contributed by atoms with van der Waals surface area (Å²) in [5.41, 5.74) is 3.42. The number of Topliss-reactive ketones (excluding diaryl/α,β-unsaturated/α-hetero) is 2. The molecule has 3 rings (SSSR count). The van der Waals surface area contributed by atoms with Gasteiger partial charge in [0.15, 0.2) is 11.6 Å². The van der Waals surface area contributed by atoms with E-state index in [1.165, 1.54) is 11.1 Å². The molecule has 6 nitrogen and oxygen atoms in total. The van der Waals surface area contributed by atoms with Crippen LogP contribution >= 0.6 is 0 Å². The Labute approximate surface area is 238 Å². The number of hydrogen-bond acceptors (Lipinski definition) is 6. The third kappa shape index (κ3) is 7.16. The molecule has 214 valence electrons. The Morgan fingerprint density at radius 1 is 0.800 bits per heavy atom. The molecular weight excluding hydrogens is 502 g/mol. The first kappa shape index (κ1) is 31.0. The van der Waals surface area contributed by atoms with Gasteiger partial charge in [0.1, 0.15) is 12.4 Å². The number of nitrogens with one attached hydrogen (secondary N) is 1. The molecule has 0 fully saturated rings. The van der Waals surface area contributed by atoms with E-state index < -0.39 is 5.41 Å². The van der Waals surface area contributed by atoms with Gasteiger partial charge in [0.05, 0.1) is 19.7 Å². The number of rotatable bonds is 13. The molecule has 6 heteroatoms. The number of fused-ring (bicyclic) bond motifs is 1. The van der Waals surface area contributed by atoms with E-state index in [2.05, 4.69) is 49.5 Å². The summed E-state index contributed by atoms with van der Waals surface area (Å²) in [6.45, 7) is 14.4. The Bertz CT molecular complexity index is 1360. The number of ketones is 2. The molecular formula is C34H43NO5. The molecule has 1 N–H and O–H groups in total. The van der Waals surface area contributed by atoms with Crippen molar-refractivity contribution >= 4 is 28.3 Å². The van der Waals surface area contributed by atoms with Crippen molar-refractivity contribution in [3.8, 4) is 5.75 Å². The van der Waals surface area contributed by atoms with Crippen LogP contribution in [0, 0.1) is 12.3 Å². The monoisotopic (exact) mass is 545 g/mol. The zero-order chi connectivity index (χ0) is 29.5. The summed E-state index contributed by atoms with van der Waals surface area (Å²) in [6, 6.07) is 18.5. The van der Waals surface area contributed by atoms with Crippen LogP contribution in [0.3, 0.4) is 0 Å². The largest absolute Gasteiger partial charge is 0.486 e. The number of carbonyl (C=O) groups excluding carboxylic acids is 3. The number of carbonyl (C=O) groups is 3. The van der Waals surface area contributed by atoms with Crippen molar-refractivity contribution in [1.29, 1.82) is 0 Å². The lowest BCUT2D eigenvalue weighted by Crippen LogP contribution is -2.29. The Kier molecular flexibility index (Phi) is 10.3. The zero-order valence-corrected chi connectivity index (χ0v) is 25.0. The molecule has 0 saturated carbocycles. The first-order valence-electron chi connectivity index (χ1n) is 14.2. The van der Waals surface area contributed by atoms with E-state index in [9.17, 15) is 14.4 Å². The second-order valence-electron chi connectivity index (χ2n) is 11.3. The lowest BCUT2D eigenvalue weighted by atomic mass is 9.70. The van der Waals surface area contributed by atoms with Crippen molar-refractivity contribution in [2.75, 3.05) is 26.3 Å². The third-order valence-electron chi connectivity index (χ3n) is 7.70. The minimum Gasteiger partial charge on any atom is -0.486 e. The second kappa shape index (κ2) is 13.2. The average molecular weight is 546 g/mol. The molecule has 0 heterocycles. The smallest absolute Gasteiger partial charge is 0.319 e. The molecule has 3 aromatic carbocycles. The van der Waals surface area contributed by atoms with Crippen molar-refractivity contribution in [1.82, 2.24) is 5.32 Å². The molecule has 0 bridgehead atoms. The predicted octanol–water partition coefficient (Wildman–Crippen LogP) is 6.58. The Hall–Kier alpha value is -3.51. The highest BCUT2D eigenvalue weighted by molar-refractivity contribution is 6.01. The van der Waals surface area contributed by atoms with Crippen molar-refractivity contribution < 1.29 is 23.9 Å². The van der Waals surface area contributed by atoms with Crippen LogP contribution in [0.15, 0.2) is 54.6 Å². The summed E-state index contributed by atoms with van der Waals surface area (Å²) in [7, 11) is 0. The highest BCUT2D eigenvalue weighted by Crippen LogP contribution is 2.41. The lowest BCUT2D eigenvalue weighted by molar-refractivity contribution is -0.141. The van der Waals surface area contributed by atoms with Crippen molar-refractivity contribution in [2.24, 2.45) is 5.41 Å². The highest BCUT2D eigenvalue weighted by atomic mass is 16.5. The van der Waals surface area contributed by atoms with E-state index in [1.807, 2.05) is 52.0 Å². The van der Waals surface area contributed by atoms with E-state index in [0.717, 1.165) is 34.9 Å².